The lowest BCUT2D eigenvalue weighted by Crippen LogP contribution is -2.41. The molecule has 2 amide bonds. The molecule has 0 aliphatic carbocycles. The maximum Gasteiger partial charge on any atom is 0.288 e. The Morgan fingerprint density at radius 3 is 1.71 bits per heavy atom. The maximum atomic E-state index is 12.1. The van der Waals surface area contributed by atoms with Crippen LogP contribution in [0.3, 0.4) is 0 Å². The zero-order valence-corrected chi connectivity index (χ0v) is 14.2. The van der Waals surface area contributed by atoms with Gasteiger partial charge in [-0.3, -0.25) is 50.8 Å². The molecule has 0 bridgehead atoms. The molecular weight excluding hydrogens is 402 g/mol. The first-order valence-corrected chi connectivity index (χ1v) is 7.46. The number of nitro benzene ring substituents is 3. The minimum Gasteiger partial charge on any atom is -0.267 e. The van der Waals surface area contributed by atoms with Crippen LogP contribution in [-0.2, 0) is 0 Å². The fourth-order valence-electron chi connectivity index (χ4n) is 1.99. The summed E-state index contributed by atoms with van der Waals surface area (Å²) < 4.78 is 0. The van der Waals surface area contributed by atoms with Crippen molar-refractivity contribution < 1.29 is 24.4 Å². The van der Waals surface area contributed by atoms with Crippen LogP contribution in [0.4, 0.5) is 17.1 Å². The molecule has 28 heavy (non-hydrogen) atoms. The molecule has 0 aliphatic heterocycles. The van der Waals surface area contributed by atoms with Gasteiger partial charge in [-0.15, -0.1) is 0 Å². The Morgan fingerprint density at radius 2 is 1.25 bits per heavy atom. The number of nitrogens with zero attached hydrogens (tertiary/aromatic N) is 3. The number of benzene rings is 2. The summed E-state index contributed by atoms with van der Waals surface area (Å²) in [6.07, 6.45) is 0. The quantitative estimate of drug-likeness (QED) is 0.554. The molecule has 0 unspecified atom stereocenters. The van der Waals surface area contributed by atoms with Gasteiger partial charge in [0.2, 0.25) is 0 Å². The number of carbonyl (C=O) groups is 2. The Kier molecular flexibility index (Phi) is 5.80. The van der Waals surface area contributed by atoms with Gasteiger partial charge >= 0.3 is 0 Å². The van der Waals surface area contributed by atoms with Gasteiger partial charge < -0.3 is 0 Å². The van der Waals surface area contributed by atoms with Crippen molar-refractivity contribution in [2.45, 2.75) is 0 Å². The third-order valence-electron chi connectivity index (χ3n) is 3.28. The molecule has 2 rings (SSSR count). The molecule has 13 nitrogen and oxygen atoms in total. The largest absolute Gasteiger partial charge is 0.288 e. The van der Waals surface area contributed by atoms with E-state index in [1.54, 1.807) is 0 Å². The second-order valence-corrected chi connectivity index (χ2v) is 5.49. The highest BCUT2D eigenvalue weighted by Gasteiger charge is 2.21. The monoisotopic (exact) mass is 409 g/mol. The Morgan fingerprint density at radius 1 is 0.750 bits per heavy atom. The van der Waals surface area contributed by atoms with Crippen molar-refractivity contribution in [3.05, 3.63) is 82.9 Å². The molecule has 2 N–H and O–H groups in total. The van der Waals surface area contributed by atoms with Gasteiger partial charge in [0.05, 0.1) is 26.4 Å². The van der Waals surface area contributed by atoms with Crippen molar-refractivity contribution in [1.29, 1.82) is 0 Å². The summed E-state index contributed by atoms with van der Waals surface area (Å²) in [5, 5.41) is 32.3. The average Bonchev–Trinajstić information content (AvgIpc) is 2.65. The highest BCUT2D eigenvalue weighted by Crippen LogP contribution is 2.25. The number of amides is 2. The summed E-state index contributed by atoms with van der Waals surface area (Å²) in [5.41, 5.74) is 1.26. The van der Waals surface area contributed by atoms with E-state index in [1.807, 2.05) is 10.9 Å². The number of halogens is 1. The number of nitro groups is 3. The van der Waals surface area contributed by atoms with Crippen molar-refractivity contribution in [3.63, 3.8) is 0 Å². The number of hydrazine groups is 1. The van der Waals surface area contributed by atoms with Gasteiger partial charge in [-0.1, -0.05) is 11.6 Å². The molecule has 0 aromatic heterocycles. The number of hydrogen-bond acceptors (Lipinski definition) is 8. The molecule has 144 valence electrons. The van der Waals surface area contributed by atoms with Gasteiger partial charge in [0.25, 0.3) is 28.9 Å². The highest BCUT2D eigenvalue weighted by molar-refractivity contribution is 6.32. The molecule has 2 aromatic rings. The van der Waals surface area contributed by atoms with Crippen LogP contribution in [0, 0.1) is 30.3 Å². The minimum absolute atomic E-state index is 0.200. The third-order valence-corrected chi connectivity index (χ3v) is 3.60. The Bertz CT molecular complexity index is 993. The van der Waals surface area contributed by atoms with E-state index >= 15 is 0 Å². The second kappa shape index (κ2) is 8.05. The van der Waals surface area contributed by atoms with E-state index < -0.39 is 49.2 Å². The van der Waals surface area contributed by atoms with Crippen LogP contribution in [0.1, 0.15) is 20.7 Å². The van der Waals surface area contributed by atoms with Crippen molar-refractivity contribution in [3.8, 4) is 0 Å². The van der Waals surface area contributed by atoms with Crippen LogP contribution in [0.5, 0.6) is 0 Å². The van der Waals surface area contributed by atoms with E-state index in [0.29, 0.717) is 6.07 Å². The van der Waals surface area contributed by atoms with Crippen molar-refractivity contribution in [2.75, 3.05) is 0 Å². The second-order valence-electron chi connectivity index (χ2n) is 5.08. The van der Waals surface area contributed by atoms with Crippen LogP contribution < -0.4 is 10.9 Å². The first-order chi connectivity index (χ1) is 13.1. The summed E-state index contributed by atoms with van der Waals surface area (Å²) in [6.45, 7) is 0. The summed E-state index contributed by atoms with van der Waals surface area (Å²) in [4.78, 5) is 53.9. The number of hydrogen-bond donors (Lipinski definition) is 2. The number of rotatable bonds is 5. The molecule has 0 saturated heterocycles. The zero-order chi connectivity index (χ0) is 21.0. The van der Waals surface area contributed by atoms with Gasteiger partial charge in [-0.05, 0) is 12.1 Å². The predicted octanol–water partition coefficient (Wildman–Crippen LogP) is 2.14. The summed E-state index contributed by atoms with van der Waals surface area (Å²) >= 11 is 5.63. The lowest BCUT2D eigenvalue weighted by Gasteiger charge is -2.08. The molecule has 0 spiro atoms. The zero-order valence-electron chi connectivity index (χ0n) is 13.4. The van der Waals surface area contributed by atoms with E-state index in [4.69, 9.17) is 11.6 Å². The third kappa shape index (κ3) is 4.53. The topological polar surface area (TPSA) is 188 Å². The van der Waals surface area contributed by atoms with Gasteiger partial charge in [0.1, 0.15) is 5.02 Å². The van der Waals surface area contributed by atoms with Gasteiger partial charge in [-0.25, -0.2) is 0 Å². The summed E-state index contributed by atoms with van der Waals surface area (Å²) in [7, 11) is 0. The summed E-state index contributed by atoms with van der Waals surface area (Å²) in [5.74, 6) is -2.03. The van der Waals surface area contributed by atoms with Crippen molar-refractivity contribution in [1.82, 2.24) is 10.9 Å². The molecule has 0 saturated carbocycles. The maximum absolute atomic E-state index is 12.1. The number of carbonyl (C=O) groups excluding carboxylic acids is 2. The molecule has 0 atom stereocenters. The van der Waals surface area contributed by atoms with Crippen LogP contribution in [0.15, 0.2) is 36.4 Å². The molecular formula is C14H8ClN5O8. The molecule has 0 fully saturated rings. The lowest BCUT2D eigenvalue weighted by atomic mass is 10.1. The smallest absolute Gasteiger partial charge is 0.267 e. The first-order valence-electron chi connectivity index (χ1n) is 7.08. The lowest BCUT2D eigenvalue weighted by molar-refractivity contribution is -0.394. The normalized spacial score (nSPS) is 10.0. The van der Waals surface area contributed by atoms with E-state index in [2.05, 4.69) is 0 Å². The average molecular weight is 410 g/mol. The number of non-ortho nitro benzene ring substituents is 2. The van der Waals surface area contributed by atoms with Gasteiger partial charge in [0.15, 0.2) is 0 Å². The summed E-state index contributed by atoms with van der Waals surface area (Å²) in [6, 6.07) is 5.38. The Hall–Kier alpha value is -4.13. The van der Waals surface area contributed by atoms with Crippen LogP contribution in [-0.4, -0.2) is 26.6 Å². The molecule has 0 heterocycles. The molecule has 14 heteroatoms. The fraction of sp³-hybridized carbons (Fsp3) is 0. The van der Waals surface area contributed by atoms with Crippen LogP contribution in [0.25, 0.3) is 0 Å². The predicted molar refractivity (Wildman–Crippen MR) is 92.8 cm³/mol. The van der Waals surface area contributed by atoms with E-state index in [9.17, 15) is 39.9 Å². The van der Waals surface area contributed by atoms with E-state index in [-0.39, 0.29) is 10.6 Å². The van der Waals surface area contributed by atoms with E-state index in [1.165, 1.54) is 0 Å². The van der Waals surface area contributed by atoms with Gasteiger partial charge in [0, 0.05) is 23.8 Å². The Labute approximate surface area is 159 Å². The van der Waals surface area contributed by atoms with Crippen LogP contribution in [0.2, 0.25) is 5.02 Å². The SMILES string of the molecule is O=C(NNC(=O)c1ccc(Cl)c([N+](=O)[O-])c1)c1cc([N+](=O)[O-])cc([N+](=O)[O-])c1. The standard InChI is InChI=1S/C14H8ClN5O8/c15-11-2-1-7(5-12(11)20(27)28)13(21)16-17-14(22)8-3-9(18(23)24)6-10(4-8)19(25)26/h1-6H,(H,16,21)(H,17,22). The van der Waals surface area contributed by atoms with Crippen LogP contribution >= 0.6 is 11.6 Å². The van der Waals surface area contributed by atoms with Gasteiger partial charge in [-0.2, -0.15) is 0 Å². The first kappa shape index (κ1) is 20.2. The molecule has 0 aliphatic rings. The highest BCUT2D eigenvalue weighted by atomic mass is 35.5. The van der Waals surface area contributed by atoms with Crippen molar-refractivity contribution in [2.24, 2.45) is 0 Å². The minimum atomic E-state index is -1.08. The molecule has 0 radical (unpaired) electrons. The fourth-order valence-corrected chi connectivity index (χ4v) is 2.18. The van der Waals surface area contributed by atoms with E-state index in [0.717, 1.165) is 30.3 Å². The number of nitrogens with one attached hydrogen (secondary N) is 2. The molecule has 2 aromatic carbocycles. The Balaban J connectivity index is 2.19. The van der Waals surface area contributed by atoms with Crippen molar-refractivity contribution >= 4 is 40.5 Å².